The minimum absolute atomic E-state index is 0.0590. The number of amides is 1. The van der Waals surface area contributed by atoms with E-state index in [4.69, 9.17) is 15.9 Å². The van der Waals surface area contributed by atoms with E-state index in [2.05, 4.69) is 0 Å². The SMILES string of the molecule is CC(C)(C)C(=O)N1CCC[C@H]1C(=O)O.N[C@H]1CCCC[C@@H]1O. The number of hydrogen-bond acceptors (Lipinski definition) is 4. The van der Waals surface area contributed by atoms with Crippen LogP contribution in [0.3, 0.4) is 0 Å². The molecule has 2 fully saturated rings. The summed E-state index contributed by atoms with van der Waals surface area (Å²) < 4.78 is 0. The van der Waals surface area contributed by atoms with Crippen LogP contribution in [0.5, 0.6) is 0 Å². The summed E-state index contributed by atoms with van der Waals surface area (Å²) in [5, 5.41) is 18.0. The number of likely N-dealkylation sites (tertiary alicyclic amines) is 1. The van der Waals surface area contributed by atoms with E-state index in [1.165, 1.54) is 11.3 Å². The fourth-order valence-corrected chi connectivity index (χ4v) is 2.84. The van der Waals surface area contributed by atoms with Gasteiger partial charge in [0.05, 0.1) is 6.10 Å². The lowest BCUT2D eigenvalue weighted by atomic mass is 9.94. The Balaban J connectivity index is 0.000000255. The summed E-state index contributed by atoms with van der Waals surface area (Å²) in [5.74, 6) is -0.956. The van der Waals surface area contributed by atoms with Crippen molar-refractivity contribution in [3.8, 4) is 0 Å². The fourth-order valence-electron chi connectivity index (χ4n) is 2.84. The second-order valence-corrected chi connectivity index (χ2v) is 7.26. The predicted molar refractivity (Wildman–Crippen MR) is 84.3 cm³/mol. The van der Waals surface area contributed by atoms with Gasteiger partial charge < -0.3 is 20.8 Å². The molecule has 3 atom stereocenters. The molecule has 6 nitrogen and oxygen atoms in total. The zero-order chi connectivity index (χ0) is 16.9. The molecule has 1 saturated carbocycles. The van der Waals surface area contributed by atoms with Crippen LogP contribution >= 0.6 is 0 Å². The van der Waals surface area contributed by atoms with Crippen LogP contribution in [0.4, 0.5) is 0 Å². The number of aliphatic carboxylic acids is 1. The Morgan fingerprint density at radius 3 is 2.09 bits per heavy atom. The van der Waals surface area contributed by atoms with E-state index >= 15 is 0 Å². The fraction of sp³-hybridized carbons (Fsp3) is 0.875. The summed E-state index contributed by atoms with van der Waals surface area (Å²) in [7, 11) is 0. The van der Waals surface area contributed by atoms with Gasteiger partial charge in [-0.1, -0.05) is 33.6 Å². The smallest absolute Gasteiger partial charge is 0.326 e. The molecule has 0 aromatic rings. The highest BCUT2D eigenvalue weighted by molar-refractivity contribution is 5.87. The maximum Gasteiger partial charge on any atom is 0.326 e. The van der Waals surface area contributed by atoms with Gasteiger partial charge in [0.15, 0.2) is 0 Å². The van der Waals surface area contributed by atoms with Crippen LogP contribution in [-0.4, -0.2) is 51.7 Å². The number of aliphatic hydroxyl groups excluding tert-OH is 1. The van der Waals surface area contributed by atoms with Crippen molar-refractivity contribution in [1.29, 1.82) is 0 Å². The minimum atomic E-state index is -0.889. The second-order valence-electron chi connectivity index (χ2n) is 7.26. The number of rotatable bonds is 1. The van der Waals surface area contributed by atoms with Crippen molar-refractivity contribution in [1.82, 2.24) is 4.90 Å². The number of carbonyl (C=O) groups excluding carboxylic acids is 1. The lowest BCUT2D eigenvalue weighted by Gasteiger charge is -2.28. The summed E-state index contributed by atoms with van der Waals surface area (Å²) in [6.07, 6.45) is 5.40. The quantitative estimate of drug-likeness (QED) is 0.678. The van der Waals surface area contributed by atoms with Crippen molar-refractivity contribution in [2.45, 2.75) is 77.5 Å². The normalized spacial score (nSPS) is 28.8. The van der Waals surface area contributed by atoms with Crippen LogP contribution in [0.1, 0.15) is 59.3 Å². The molecule has 0 bridgehead atoms. The van der Waals surface area contributed by atoms with Gasteiger partial charge in [-0.2, -0.15) is 0 Å². The van der Waals surface area contributed by atoms with Gasteiger partial charge in [-0.3, -0.25) is 4.79 Å². The first-order valence-electron chi connectivity index (χ1n) is 8.12. The first-order valence-corrected chi connectivity index (χ1v) is 8.12. The van der Waals surface area contributed by atoms with E-state index in [0.717, 1.165) is 25.7 Å². The number of hydrogen-bond donors (Lipinski definition) is 3. The zero-order valence-electron chi connectivity index (χ0n) is 13.9. The molecule has 2 rings (SSSR count). The molecule has 128 valence electrons. The maximum atomic E-state index is 11.8. The van der Waals surface area contributed by atoms with Crippen LogP contribution in [-0.2, 0) is 9.59 Å². The van der Waals surface area contributed by atoms with Crippen LogP contribution in [0.15, 0.2) is 0 Å². The Morgan fingerprint density at radius 2 is 1.68 bits per heavy atom. The number of aliphatic hydroxyl groups is 1. The van der Waals surface area contributed by atoms with E-state index in [1.807, 2.05) is 20.8 Å². The molecule has 1 amide bonds. The highest BCUT2D eigenvalue weighted by atomic mass is 16.4. The number of carboxylic acids is 1. The number of carboxylic acid groups (broad SMARTS) is 1. The summed E-state index contributed by atoms with van der Waals surface area (Å²) >= 11 is 0. The van der Waals surface area contributed by atoms with Crippen LogP contribution in [0.25, 0.3) is 0 Å². The standard InChI is InChI=1S/C10H17NO3.C6H13NO/c1-10(2,3)9(14)11-6-4-5-7(11)8(12)13;7-5-3-1-2-4-6(5)8/h7H,4-6H2,1-3H3,(H,12,13);5-6,8H,1-4,7H2/t7-;5-,6-/m00/s1. The Kier molecular flexibility index (Phi) is 6.81. The Bertz CT molecular complexity index is 382. The molecule has 2 aliphatic rings. The third kappa shape index (κ3) is 5.25. The average Bonchev–Trinajstić information content (AvgIpc) is 2.90. The molecule has 22 heavy (non-hydrogen) atoms. The zero-order valence-corrected chi connectivity index (χ0v) is 13.9. The molecule has 1 aliphatic heterocycles. The van der Waals surface area contributed by atoms with Gasteiger partial charge in [0.1, 0.15) is 6.04 Å². The molecule has 4 N–H and O–H groups in total. The third-order valence-electron chi connectivity index (χ3n) is 4.22. The first-order chi connectivity index (χ1) is 10.1. The van der Waals surface area contributed by atoms with Crippen LogP contribution in [0.2, 0.25) is 0 Å². The van der Waals surface area contributed by atoms with E-state index in [0.29, 0.717) is 13.0 Å². The topological polar surface area (TPSA) is 104 Å². The van der Waals surface area contributed by atoms with Crippen molar-refractivity contribution in [2.75, 3.05) is 6.54 Å². The molecule has 0 unspecified atom stereocenters. The molecule has 1 saturated heterocycles. The molecular formula is C16H30N2O4. The van der Waals surface area contributed by atoms with Crippen LogP contribution in [0, 0.1) is 5.41 Å². The molecule has 1 heterocycles. The Labute approximate surface area is 132 Å². The number of nitrogens with zero attached hydrogens (tertiary/aromatic N) is 1. The lowest BCUT2D eigenvalue weighted by molar-refractivity contribution is -0.151. The Morgan fingerprint density at radius 1 is 1.09 bits per heavy atom. The summed E-state index contributed by atoms with van der Waals surface area (Å²) in [6.45, 7) is 6.01. The average molecular weight is 314 g/mol. The van der Waals surface area contributed by atoms with Gasteiger partial charge in [0.2, 0.25) is 5.91 Å². The van der Waals surface area contributed by atoms with Crippen molar-refractivity contribution >= 4 is 11.9 Å². The van der Waals surface area contributed by atoms with Crippen molar-refractivity contribution in [3.63, 3.8) is 0 Å². The molecule has 0 aromatic heterocycles. The summed E-state index contributed by atoms with van der Waals surface area (Å²) in [6, 6.07) is -0.550. The molecular weight excluding hydrogens is 284 g/mol. The van der Waals surface area contributed by atoms with Crippen molar-refractivity contribution in [3.05, 3.63) is 0 Å². The third-order valence-corrected chi connectivity index (χ3v) is 4.22. The number of carbonyl (C=O) groups is 2. The maximum absolute atomic E-state index is 11.8. The Hall–Kier alpha value is -1.14. The monoisotopic (exact) mass is 314 g/mol. The summed E-state index contributed by atoms with van der Waals surface area (Å²) in [5.41, 5.74) is 5.04. The van der Waals surface area contributed by atoms with Gasteiger partial charge in [0, 0.05) is 18.0 Å². The molecule has 0 spiro atoms. The highest BCUT2D eigenvalue weighted by Gasteiger charge is 2.38. The first kappa shape index (κ1) is 18.9. The van der Waals surface area contributed by atoms with Crippen molar-refractivity contribution < 1.29 is 19.8 Å². The predicted octanol–water partition coefficient (Wildman–Crippen LogP) is 1.36. The van der Waals surface area contributed by atoms with Crippen molar-refractivity contribution in [2.24, 2.45) is 11.1 Å². The van der Waals surface area contributed by atoms with Gasteiger partial charge >= 0.3 is 5.97 Å². The molecule has 0 radical (unpaired) electrons. The van der Waals surface area contributed by atoms with E-state index in [1.54, 1.807) is 0 Å². The highest BCUT2D eigenvalue weighted by Crippen LogP contribution is 2.25. The molecule has 0 aromatic carbocycles. The van der Waals surface area contributed by atoms with Gasteiger partial charge in [-0.15, -0.1) is 0 Å². The van der Waals surface area contributed by atoms with Gasteiger partial charge in [0.25, 0.3) is 0 Å². The number of nitrogens with two attached hydrogens (primary N) is 1. The van der Waals surface area contributed by atoms with E-state index in [-0.39, 0.29) is 18.1 Å². The molecule has 1 aliphatic carbocycles. The minimum Gasteiger partial charge on any atom is -0.480 e. The second kappa shape index (κ2) is 7.92. The van der Waals surface area contributed by atoms with E-state index < -0.39 is 17.4 Å². The lowest BCUT2D eigenvalue weighted by Crippen LogP contribution is -2.45. The molecule has 6 heteroatoms. The summed E-state index contributed by atoms with van der Waals surface area (Å²) in [4.78, 5) is 24.2. The largest absolute Gasteiger partial charge is 0.480 e. The van der Waals surface area contributed by atoms with Crippen LogP contribution < -0.4 is 5.73 Å². The van der Waals surface area contributed by atoms with Gasteiger partial charge in [-0.05, 0) is 25.7 Å². The van der Waals surface area contributed by atoms with E-state index in [9.17, 15) is 9.59 Å². The van der Waals surface area contributed by atoms with Gasteiger partial charge in [-0.25, -0.2) is 4.79 Å².